The van der Waals surface area contributed by atoms with Gasteiger partial charge in [0, 0.05) is 33.0 Å². The number of Topliss-reactive ketones (excluding diaryl/α,β-unsaturated/α-hetero) is 1. The number of amides is 2. The Bertz CT molecular complexity index is 736. The molecule has 1 atom stereocenters. The van der Waals surface area contributed by atoms with Gasteiger partial charge < -0.3 is 14.5 Å². The molecule has 0 aliphatic carbocycles. The molecule has 0 spiro atoms. The molecule has 0 saturated carbocycles. The van der Waals surface area contributed by atoms with E-state index in [0.29, 0.717) is 35.3 Å². The molecule has 2 rings (SSSR count). The van der Waals surface area contributed by atoms with Crippen LogP contribution >= 0.6 is 22.9 Å². The third kappa shape index (κ3) is 6.31. The van der Waals surface area contributed by atoms with Gasteiger partial charge in [0.15, 0.2) is 5.78 Å². The predicted octanol–water partition coefficient (Wildman–Crippen LogP) is 2.62. The Labute approximate surface area is 173 Å². The van der Waals surface area contributed by atoms with Crippen LogP contribution in [0.25, 0.3) is 0 Å². The summed E-state index contributed by atoms with van der Waals surface area (Å²) in [5, 5.41) is 0. The summed E-state index contributed by atoms with van der Waals surface area (Å²) in [6.07, 6.45) is 1.53. The molecule has 2 heterocycles. The lowest BCUT2D eigenvalue weighted by molar-refractivity contribution is -0.152. The molecule has 1 aromatic rings. The number of ether oxygens (including phenoxy) is 1. The van der Waals surface area contributed by atoms with Gasteiger partial charge in [-0.25, -0.2) is 0 Å². The van der Waals surface area contributed by atoms with E-state index in [9.17, 15) is 19.2 Å². The van der Waals surface area contributed by atoms with Crippen LogP contribution in [0.4, 0.5) is 0 Å². The number of piperidine rings is 1. The second-order valence-electron chi connectivity index (χ2n) is 6.71. The van der Waals surface area contributed by atoms with Crippen LogP contribution in [0.2, 0.25) is 4.34 Å². The number of carbonyl (C=O) groups is 4. The molecule has 1 aliphatic rings. The van der Waals surface area contributed by atoms with E-state index >= 15 is 0 Å². The minimum atomic E-state index is -0.311. The number of likely N-dealkylation sites (N-methyl/N-ethyl adjacent to an activating group) is 1. The van der Waals surface area contributed by atoms with Crippen molar-refractivity contribution in [2.45, 2.75) is 32.6 Å². The molecular formula is C19H25ClN2O5S. The van der Waals surface area contributed by atoms with Gasteiger partial charge in [-0.05, 0) is 31.9 Å². The predicted molar refractivity (Wildman–Crippen MR) is 106 cm³/mol. The van der Waals surface area contributed by atoms with Crippen molar-refractivity contribution in [2.24, 2.45) is 5.92 Å². The maximum atomic E-state index is 12.5. The summed E-state index contributed by atoms with van der Waals surface area (Å²) < 4.78 is 5.57. The van der Waals surface area contributed by atoms with Crippen molar-refractivity contribution in [3.05, 3.63) is 21.3 Å². The van der Waals surface area contributed by atoms with Crippen LogP contribution in [0.3, 0.4) is 0 Å². The fourth-order valence-electron chi connectivity index (χ4n) is 3.05. The number of esters is 1. The number of ketones is 1. The average molecular weight is 429 g/mol. The molecule has 0 radical (unpaired) electrons. The number of thiophene rings is 1. The summed E-state index contributed by atoms with van der Waals surface area (Å²) in [5.41, 5.74) is 0. The van der Waals surface area contributed by atoms with E-state index in [1.807, 2.05) is 0 Å². The van der Waals surface area contributed by atoms with Crippen LogP contribution in [-0.2, 0) is 19.1 Å². The number of hydrogen-bond donors (Lipinski definition) is 0. The van der Waals surface area contributed by atoms with Gasteiger partial charge in [0.25, 0.3) is 0 Å². The van der Waals surface area contributed by atoms with Crippen molar-refractivity contribution in [1.82, 2.24) is 9.80 Å². The van der Waals surface area contributed by atoms with Gasteiger partial charge in [-0.2, -0.15) is 0 Å². The summed E-state index contributed by atoms with van der Waals surface area (Å²) >= 11 is 7.00. The highest BCUT2D eigenvalue weighted by Gasteiger charge is 2.30. The second-order valence-corrected chi connectivity index (χ2v) is 8.42. The Morgan fingerprint density at radius 3 is 2.68 bits per heavy atom. The number of halogens is 1. The minimum absolute atomic E-state index is 0.0313. The highest BCUT2D eigenvalue weighted by Crippen LogP contribution is 2.23. The monoisotopic (exact) mass is 428 g/mol. The number of carbonyl (C=O) groups excluding carboxylic acids is 4. The molecule has 0 N–H and O–H groups in total. The highest BCUT2D eigenvalue weighted by molar-refractivity contribution is 7.18. The molecule has 1 aliphatic heterocycles. The topological polar surface area (TPSA) is 84.0 Å². The lowest BCUT2D eigenvalue weighted by Gasteiger charge is -2.32. The molecule has 0 aromatic carbocycles. The first-order valence-electron chi connectivity index (χ1n) is 9.28. The van der Waals surface area contributed by atoms with Crippen LogP contribution in [0.1, 0.15) is 42.3 Å². The third-order valence-electron chi connectivity index (χ3n) is 4.61. The summed E-state index contributed by atoms with van der Waals surface area (Å²) in [6, 6.07) is 3.29. The third-order valence-corrected chi connectivity index (χ3v) is 5.88. The van der Waals surface area contributed by atoms with E-state index in [2.05, 4.69) is 0 Å². The lowest BCUT2D eigenvalue weighted by atomic mass is 9.98. The Morgan fingerprint density at radius 2 is 2.04 bits per heavy atom. The molecule has 1 fully saturated rings. The molecule has 9 heteroatoms. The SMILES string of the molecule is CCOC(=O)C1CCCN(C(=O)CN(C)C(=O)CCC(=O)c2ccc(Cl)s2)C1. The van der Waals surface area contributed by atoms with Crippen molar-refractivity contribution in [2.75, 3.05) is 33.3 Å². The van der Waals surface area contributed by atoms with Crippen molar-refractivity contribution < 1.29 is 23.9 Å². The second kappa shape index (κ2) is 10.6. The minimum Gasteiger partial charge on any atom is -0.466 e. The first-order chi connectivity index (χ1) is 13.3. The zero-order valence-electron chi connectivity index (χ0n) is 16.1. The van der Waals surface area contributed by atoms with Crippen molar-refractivity contribution >= 4 is 46.5 Å². The molecule has 28 heavy (non-hydrogen) atoms. The number of hydrogen-bond acceptors (Lipinski definition) is 6. The zero-order valence-corrected chi connectivity index (χ0v) is 17.7. The standard InChI is InChI=1S/C19H25ClN2O5S/c1-3-27-19(26)13-5-4-10-22(11-13)18(25)12-21(2)17(24)9-6-14(23)15-7-8-16(20)28-15/h7-8,13H,3-6,9-12H2,1-2H3. The van der Waals surface area contributed by atoms with Gasteiger partial charge in [-0.15, -0.1) is 11.3 Å². The average Bonchev–Trinajstić information content (AvgIpc) is 3.12. The maximum Gasteiger partial charge on any atom is 0.310 e. The van der Waals surface area contributed by atoms with Gasteiger partial charge in [0.1, 0.15) is 0 Å². The highest BCUT2D eigenvalue weighted by atomic mass is 35.5. The summed E-state index contributed by atoms with van der Waals surface area (Å²) in [5.74, 6) is -1.21. The van der Waals surface area contributed by atoms with E-state index in [1.54, 1.807) is 31.0 Å². The van der Waals surface area contributed by atoms with Crippen molar-refractivity contribution in [1.29, 1.82) is 0 Å². The van der Waals surface area contributed by atoms with Crippen LogP contribution in [0.15, 0.2) is 12.1 Å². The van der Waals surface area contributed by atoms with E-state index in [0.717, 1.165) is 6.42 Å². The number of rotatable bonds is 8. The normalized spacial score (nSPS) is 16.5. The first kappa shape index (κ1) is 22.4. The molecule has 154 valence electrons. The van der Waals surface area contributed by atoms with Gasteiger partial charge in [-0.1, -0.05) is 11.6 Å². The van der Waals surface area contributed by atoms with Gasteiger partial charge in [0.05, 0.1) is 28.3 Å². The van der Waals surface area contributed by atoms with Gasteiger partial charge in [-0.3, -0.25) is 19.2 Å². The molecule has 1 aromatic heterocycles. The van der Waals surface area contributed by atoms with E-state index < -0.39 is 0 Å². The Balaban J connectivity index is 1.79. The Hall–Kier alpha value is -1.93. The van der Waals surface area contributed by atoms with Crippen LogP contribution in [-0.4, -0.2) is 66.7 Å². The van der Waals surface area contributed by atoms with E-state index in [-0.39, 0.29) is 48.9 Å². The Kier molecular flexibility index (Phi) is 8.44. The molecule has 7 nitrogen and oxygen atoms in total. The largest absolute Gasteiger partial charge is 0.466 e. The number of likely N-dealkylation sites (tertiary alicyclic amines) is 1. The molecule has 2 amide bonds. The zero-order chi connectivity index (χ0) is 20.7. The molecule has 1 unspecified atom stereocenters. The smallest absolute Gasteiger partial charge is 0.310 e. The van der Waals surface area contributed by atoms with Crippen LogP contribution < -0.4 is 0 Å². The van der Waals surface area contributed by atoms with Crippen molar-refractivity contribution in [3.63, 3.8) is 0 Å². The Morgan fingerprint density at radius 1 is 1.29 bits per heavy atom. The quantitative estimate of drug-likeness (QED) is 0.469. The fourth-order valence-corrected chi connectivity index (χ4v) is 4.06. The van der Waals surface area contributed by atoms with Gasteiger partial charge in [0.2, 0.25) is 11.8 Å². The maximum absolute atomic E-state index is 12.5. The van der Waals surface area contributed by atoms with Crippen molar-refractivity contribution in [3.8, 4) is 0 Å². The van der Waals surface area contributed by atoms with Crippen LogP contribution in [0, 0.1) is 5.92 Å². The molecular weight excluding hydrogens is 404 g/mol. The van der Waals surface area contributed by atoms with Gasteiger partial charge >= 0.3 is 5.97 Å². The fraction of sp³-hybridized carbons (Fsp3) is 0.579. The lowest BCUT2D eigenvalue weighted by Crippen LogP contribution is -2.47. The number of nitrogens with zero attached hydrogens (tertiary/aromatic N) is 2. The molecule has 1 saturated heterocycles. The van der Waals surface area contributed by atoms with E-state index in [4.69, 9.17) is 16.3 Å². The summed E-state index contributed by atoms with van der Waals surface area (Å²) in [7, 11) is 1.54. The van der Waals surface area contributed by atoms with E-state index in [1.165, 1.54) is 16.2 Å². The first-order valence-corrected chi connectivity index (χ1v) is 10.5. The van der Waals surface area contributed by atoms with Crippen LogP contribution in [0.5, 0.6) is 0 Å². The summed E-state index contributed by atoms with van der Waals surface area (Å²) in [4.78, 5) is 52.2. The summed E-state index contributed by atoms with van der Waals surface area (Å²) in [6.45, 7) is 2.87. The molecule has 0 bridgehead atoms.